The standard InChI is InChI=1S/C15H13ClF2O/c1-15(19,10-4-2-5-11(17)8-10)9-12-13(16)6-3-7-14(12)18/h2-8,19H,9H2,1H3. The molecule has 4 heteroatoms. The lowest BCUT2D eigenvalue weighted by molar-refractivity contribution is 0.0564. The van der Waals surface area contributed by atoms with E-state index in [-0.39, 0.29) is 17.0 Å². The lowest BCUT2D eigenvalue weighted by Gasteiger charge is -2.24. The SMILES string of the molecule is CC(O)(Cc1c(F)cccc1Cl)c1cccc(F)c1. The van der Waals surface area contributed by atoms with E-state index in [9.17, 15) is 13.9 Å². The number of halogens is 3. The fraction of sp³-hybridized carbons (Fsp3) is 0.200. The highest BCUT2D eigenvalue weighted by molar-refractivity contribution is 6.31. The van der Waals surface area contributed by atoms with E-state index in [0.29, 0.717) is 5.56 Å². The van der Waals surface area contributed by atoms with Crippen LogP contribution in [0.15, 0.2) is 42.5 Å². The van der Waals surface area contributed by atoms with Gasteiger partial charge in [0.15, 0.2) is 0 Å². The second-order valence-corrected chi connectivity index (χ2v) is 5.07. The van der Waals surface area contributed by atoms with Gasteiger partial charge in [-0.2, -0.15) is 0 Å². The Morgan fingerprint density at radius 3 is 2.47 bits per heavy atom. The van der Waals surface area contributed by atoms with Crippen LogP contribution >= 0.6 is 11.6 Å². The maximum atomic E-state index is 13.7. The second-order valence-electron chi connectivity index (χ2n) is 4.66. The van der Waals surface area contributed by atoms with Gasteiger partial charge in [0.2, 0.25) is 0 Å². The lowest BCUT2D eigenvalue weighted by atomic mass is 9.89. The molecule has 0 heterocycles. The summed E-state index contributed by atoms with van der Waals surface area (Å²) in [4.78, 5) is 0. The number of rotatable bonds is 3. The van der Waals surface area contributed by atoms with Gasteiger partial charge in [-0.05, 0) is 36.8 Å². The minimum atomic E-state index is -1.39. The quantitative estimate of drug-likeness (QED) is 0.900. The molecule has 0 aromatic heterocycles. The van der Waals surface area contributed by atoms with E-state index in [1.54, 1.807) is 12.1 Å². The number of benzene rings is 2. The average molecular weight is 283 g/mol. The molecule has 2 rings (SSSR count). The average Bonchev–Trinajstić information content (AvgIpc) is 2.34. The van der Waals surface area contributed by atoms with Crippen molar-refractivity contribution in [3.05, 3.63) is 70.2 Å². The summed E-state index contributed by atoms with van der Waals surface area (Å²) in [6.07, 6.45) is -0.0258. The molecule has 1 nitrogen and oxygen atoms in total. The molecule has 0 radical (unpaired) electrons. The molecule has 0 bridgehead atoms. The normalized spacial score (nSPS) is 14.2. The highest BCUT2D eigenvalue weighted by Gasteiger charge is 2.26. The fourth-order valence-corrected chi connectivity index (χ4v) is 2.20. The third-order valence-corrected chi connectivity index (χ3v) is 3.38. The van der Waals surface area contributed by atoms with Crippen molar-refractivity contribution in [3.8, 4) is 0 Å². The number of hydrogen-bond donors (Lipinski definition) is 1. The molecule has 100 valence electrons. The van der Waals surface area contributed by atoms with Crippen molar-refractivity contribution < 1.29 is 13.9 Å². The molecule has 1 N–H and O–H groups in total. The second kappa shape index (κ2) is 5.27. The molecule has 1 atom stereocenters. The third-order valence-electron chi connectivity index (χ3n) is 3.03. The highest BCUT2D eigenvalue weighted by atomic mass is 35.5. The molecular weight excluding hydrogens is 270 g/mol. The molecule has 0 saturated carbocycles. The van der Waals surface area contributed by atoms with Crippen LogP contribution < -0.4 is 0 Å². The molecule has 1 unspecified atom stereocenters. The van der Waals surface area contributed by atoms with Crippen molar-refractivity contribution in [2.75, 3.05) is 0 Å². The highest BCUT2D eigenvalue weighted by Crippen LogP contribution is 2.30. The van der Waals surface area contributed by atoms with Crippen LogP contribution in [0, 0.1) is 11.6 Å². The molecule has 0 spiro atoms. The first-order chi connectivity index (χ1) is 8.90. The van der Waals surface area contributed by atoms with E-state index in [4.69, 9.17) is 11.6 Å². The van der Waals surface area contributed by atoms with E-state index in [2.05, 4.69) is 0 Å². The van der Waals surface area contributed by atoms with E-state index in [1.807, 2.05) is 0 Å². The van der Waals surface area contributed by atoms with Gasteiger partial charge in [-0.25, -0.2) is 8.78 Å². The van der Waals surface area contributed by atoms with Gasteiger partial charge in [0.25, 0.3) is 0 Å². The Hall–Kier alpha value is -1.45. The predicted molar refractivity (Wildman–Crippen MR) is 71.1 cm³/mol. The summed E-state index contributed by atoms with van der Waals surface area (Å²) in [7, 11) is 0. The van der Waals surface area contributed by atoms with Crippen molar-refractivity contribution in [2.24, 2.45) is 0 Å². The Morgan fingerprint density at radius 1 is 1.16 bits per heavy atom. The Labute approximate surface area is 115 Å². The zero-order valence-electron chi connectivity index (χ0n) is 10.3. The Morgan fingerprint density at radius 2 is 1.84 bits per heavy atom. The predicted octanol–water partition coefficient (Wildman–Crippen LogP) is 4.07. The summed E-state index contributed by atoms with van der Waals surface area (Å²) in [6, 6.07) is 9.95. The van der Waals surface area contributed by atoms with Gasteiger partial charge in [0, 0.05) is 17.0 Å². The monoisotopic (exact) mass is 282 g/mol. The van der Waals surface area contributed by atoms with Crippen LogP contribution in [0.1, 0.15) is 18.1 Å². The van der Waals surface area contributed by atoms with Gasteiger partial charge >= 0.3 is 0 Å². The van der Waals surface area contributed by atoms with E-state index in [0.717, 1.165) is 0 Å². The molecule has 0 saturated heterocycles. The maximum Gasteiger partial charge on any atom is 0.128 e. The summed E-state index contributed by atoms with van der Waals surface area (Å²) in [5.41, 5.74) is -0.793. The molecule has 0 aliphatic heterocycles. The third kappa shape index (κ3) is 3.11. The fourth-order valence-electron chi connectivity index (χ4n) is 1.97. The first-order valence-corrected chi connectivity index (χ1v) is 6.19. The van der Waals surface area contributed by atoms with E-state index < -0.39 is 17.2 Å². The van der Waals surface area contributed by atoms with Crippen LogP contribution in [0.4, 0.5) is 8.78 Å². The van der Waals surface area contributed by atoms with Gasteiger partial charge in [0.05, 0.1) is 5.60 Å². The molecular formula is C15H13ClF2O. The molecule has 0 aliphatic carbocycles. The largest absolute Gasteiger partial charge is 0.385 e. The van der Waals surface area contributed by atoms with Crippen LogP contribution in [-0.4, -0.2) is 5.11 Å². The van der Waals surface area contributed by atoms with Crippen LogP contribution in [0.5, 0.6) is 0 Å². The number of aliphatic hydroxyl groups is 1. The minimum absolute atomic E-state index is 0.0258. The first kappa shape index (κ1) is 14.0. The summed E-state index contributed by atoms with van der Waals surface area (Å²) in [5, 5.41) is 10.7. The molecule has 2 aromatic carbocycles. The van der Waals surface area contributed by atoms with Gasteiger partial charge in [-0.1, -0.05) is 29.8 Å². The maximum absolute atomic E-state index is 13.7. The van der Waals surface area contributed by atoms with Gasteiger partial charge in [-0.3, -0.25) is 0 Å². The van der Waals surface area contributed by atoms with Gasteiger partial charge in [0.1, 0.15) is 11.6 Å². The zero-order chi connectivity index (χ0) is 14.0. The van der Waals surface area contributed by atoms with Crippen LogP contribution in [0.25, 0.3) is 0 Å². The van der Waals surface area contributed by atoms with Crippen LogP contribution in [0.3, 0.4) is 0 Å². The van der Waals surface area contributed by atoms with Crippen LogP contribution in [0.2, 0.25) is 5.02 Å². The van der Waals surface area contributed by atoms with Crippen LogP contribution in [-0.2, 0) is 12.0 Å². The van der Waals surface area contributed by atoms with E-state index >= 15 is 0 Å². The smallest absolute Gasteiger partial charge is 0.128 e. The Kier molecular flexibility index (Phi) is 3.88. The summed E-state index contributed by atoms with van der Waals surface area (Å²) in [6.45, 7) is 1.50. The van der Waals surface area contributed by atoms with Crippen molar-refractivity contribution in [3.63, 3.8) is 0 Å². The summed E-state index contributed by atoms with van der Waals surface area (Å²) < 4.78 is 26.9. The Balaban J connectivity index is 2.36. The molecule has 0 aliphatic rings. The molecule has 2 aromatic rings. The Bertz CT molecular complexity index is 576. The minimum Gasteiger partial charge on any atom is -0.385 e. The van der Waals surface area contributed by atoms with Crippen molar-refractivity contribution in [2.45, 2.75) is 18.9 Å². The van der Waals surface area contributed by atoms with Gasteiger partial charge in [-0.15, -0.1) is 0 Å². The molecule has 19 heavy (non-hydrogen) atoms. The number of hydrogen-bond acceptors (Lipinski definition) is 1. The zero-order valence-corrected chi connectivity index (χ0v) is 11.1. The summed E-state index contributed by atoms with van der Waals surface area (Å²) >= 11 is 5.93. The van der Waals surface area contributed by atoms with Gasteiger partial charge < -0.3 is 5.11 Å². The molecule has 0 fully saturated rings. The lowest BCUT2D eigenvalue weighted by Crippen LogP contribution is -2.25. The molecule has 0 amide bonds. The van der Waals surface area contributed by atoms with Crippen molar-refractivity contribution in [1.82, 2.24) is 0 Å². The van der Waals surface area contributed by atoms with Crippen molar-refractivity contribution >= 4 is 11.6 Å². The van der Waals surface area contributed by atoms with Crippen molar-refractivity contribution in [1.29, 1.82) is 0 Å². The first-order valence-electron chi connectivity index (χ1n) is 5.81. The topological polar surface area (TPSA) is 20.2 Å². The van der Waals surface area contributed by atoms with E-state index in [1.165, 1.54) is 37.3 Å². The summed E-state index contributed by atoms with van der Waals surface area (Å²) in [5.74, 6) is -0.929.